The fourth-order valence-corrected chi connectivity index (χ4v) is 1.93. The highest BCUT2D eigenvalue weighted by atomic mass is 16.3. The Morgan fingerprint density at radius 2 is 2.27 bits per heavy atom. The van der Waals surface area contributed by atoms with Gasteiger partial charge in [0.25, 0.3) is 0 Å². The molecule has 0 saturated carbocycles. The van der Waals surface area contributed by atoms with Crippen LogP contribution in [0.2, 0.25) is 0 Å². The topological polar surface area (TPSA) is 52.6 Å². The van der Waals surface area contributed by atoms with Gasteiger partial charge in [-0.2, -0.15) is 0 Å². The molecule has 2 N–H and O–H groups in total. The second-order valence-corrected chi connectivity index (χ2v) is 4.77. The van der Waals surface area contributed by atoms with Gasteiger partial charge in [-0.25, -0.2) is 0 Å². The lowest BCUT2D eigenvalue weighted by Gasteiger charge is -2.25. The SMILES string of the molecule is CC(C)CN1CCC(C)NC(CO)C1=O. The first-order valence-corrected chi connectivity index (χ1v) is 5.70. The summed E-state index contributed by atoms with van der Waals surface area (Å²) < 4.78 is 0. The maximum Gasteiger partial charge on any atom is 0.242 e. The third-order valence-electron chi connectivity index (χ3n) is 2.70. The number of aliphatic hydroxyl groups is 1. The van der Waals surface area contributed by atoms with Crippen LogP contribution in [0.1, 0.15) is 27.2 Å². The number of nitrogens with one attached hydrogen (secondary N) is 1. The van der Waals surface area contributed by atoms with Gasteiger partial charge >= 0.3 is 0 Å². The minimum absolute atomic E-state index is 0.0375. The van der Waals surface area contributed by atoms with Crippen molar-refractivity contribution >= 4 is 5.91 Å². The zero-order valence-corrected chi connectivity index (χ0v) is 9.86. The molecule has 0 aromatic carbocycles. The van der Waals surface area contributed by atoms with Gasteiger partial charge in [-0.15, -0.1) is 0 Å². The third kappa shape index (κ3) is 3.47. The summed E-state index contributed by atoms with van der Waals surface area (Å²) in [6.07, 6.45) is 0.953. The van der Waals surface area contributed by atoms with E-state index >= 15 is 0 Å². The van der Waals surface area contributed by atoms with Gasteiger partial charge in [-0.3, -0.25) is 4.79 Å². The molecule has 0 radical (unpaired) electrons. The largest absolute Gasteiger partial charge is 0.394 e. The fraction of sp³-hybridized carbons (Fsp3) is 0.909. The highest BCUT2D eigenvalue weighted by Gasteiger charge is 2.28. The van der Waals surface area contributed by atoms with E-state index in [1.807, 2.05) is 4.90 Å². The Morgan fingerprint density at radius 3 is 2.80 bits per heavy atom. The molecular weight excluding hydrogens is 192 g/mol. The van der Waals surface area contributed by atoms with E-state index < -0.39 is 6.04 Å². The normalized spacial score (nSPS) is 28.3. The van der Waals surface area contributed by atoms with Crippen LogP contribution in [-0.2, 0) is 4.79 Å². The van der Waals surface area contributed by atoms with Crippen molar-refractivity contribution in [3.63, 3.8) is 0 Å². The Labute approximate surface area is 91.6 Å². The Bertz CT molecular complexity index is 219. The van der Waals surface area contributed by atoms with Gasteiger partial charge in [0.15, 0.2) is 0 Å². The van der Waals surface area contributed by atoms with E-state index in [1.54, 1.807) is 0 Å². The molecule has 0 spiro atoms. The number of carbonyl (C=O) groups excluding carboxylic acids is 1. The maximum atomic E-state index is 12.0. The molecule has 88 valence electrons. The van der Waals surface area contributed by atoms with Crippen molar-refractivity contribution in [2.75, 3.05) is 19.7 Å². The van der Waals surface area contributed by atoms with Crippen LogP contribution in [0.5, 0.6) is 0 Å². The van der Waals surface area contributed by atoms with Crippen molar-refractivity contribution in [3.05, 3.63) is 0 Å². The van der Waals surface area contributed by atoms with E-state index in [0.29, 0.717) is 12.0 Å². The van der Waals surface area contributed by atoms with Crippen molar-refractivity contribution in [1.29, 1.82) is 0 Å². The molecule has 1 fully saturated rings. The average Bonchev–Trinajstić information content (AvgIpc) is 2.30. The summed E-state index contributed by atoms with van der Waals surface area (Å²) in [6, 6.07) is -0.121. The van der Waals surface area contributed by atoms with Gasteiger partial charge in [-0.1, -0.05) is 13.8 Å². The van der Waals surface area contributed by atoms with E-state index in [9.17, 15) is 4.79 Å². The number of rotatable bonds is 3. The first-order chi connectivity index (χ1) is 7.04. The van der Waals surface area contributed by atoms with Crippen LogP contribution < -0.4 is 5.32 Å². The molecule has 4 heteroatoms. The number of nitrogens with zero attached hydrogens (tertiary/aromatic N) is 1. The molecule has 2 unspecified atom stereocenters. The lowest BCUT2D eigenvalue weighted by Crippen LogP contribution is -2.48. The van der Waals surface area contributed by atoms with Crippen molar-refractivity contribution < 1.29 is 9.90 Å². The number of aliphatic hydroxyl groups excluding tert-OH is 1. The van der Waals surface area contributed by atoms with Crippen molar-refractivity contribution in [3.8, 4) is 0 Å². The molecule has 0 aliphatic carbocycles. The zero-order chi connectivity index (χ0) is 11.4. The van der Waals surface area contributed by atoms with Crippen LogP contribution in [0.25, 0.3) is 0 Å². The molecule has 15 heavy (non-hydrogen) atoms. The Balaban J connectivity index is 2.66. The molecule has 0 aromatic rings. The number of carbonyl (C=O) groups is 1. The first kappa shape index (κ1) is 12.5. The summed E-state index contributed by atoms with van der Waals surface area (Å²) >= 11 is 0. The van der Waals surface area contributed by atoms with Crippen LogP contribution in [0.15, 0.2) is 0 Å². The smallest absolute Gasteiger partial charge is 0.242 e. The molecule has 0 bridgehead atoms. The average molecular weight is 214 g/mol. The standard InChI is InChI=1S/C11H22N2O2/c1-8(2)6-13-5-4-9(3)12-10(7-14)11(13)15/h8-10,12,14H,4-7H2,1-3H3. The van der Waals surface area contributed by atoms with E-state index in [4.69, 9.17) is 5.11 Å². The van der Waals surface area contributed by atoms with Crippen LogP contribution in [-0.4, -0.2) is 47.7 Å². The van der Waals surface area contributed by atoms with Crippen LogP contribution in [0.3, 0.4) is 0 Å². The third-order valence-corrected chi connectivity index (χ3v) is 2.70. The molecule has 1 amide bonds. The van der Waals surface area contributed by atoms with Crippen LogP contribution in [0, 0.1) is 5.92 Å². The summed E-state index contributed by atoms with van der Waals surface area (Å²) in [5.41, 5.74) is 0. The minimum Gasteiger partial charge on any atom is -0.394 e. The Hall–Kier alpha value is -0.610. The highest BCUT2D eigenvalue weighted by Crippen LogP contribution is 2.09. The van der Waals surface area contributed by atoms with Gasteiger partial charge in [0.2, 0.25) is 5.91 Å². The van der Waals surface area contributed by atoms with Gasteiger partial charge in [0, 0.05) is 19.1 Å². The summed E-state index contributed by atoms with van der Waals surface area (Å²) in [5, 5.41) is 12.3. The van der Waals surface area contributed by atoms with E-state index in [0.717, 1.165) is 19.5 Å². The molecule has 4 nitrogen and oxygen atoms in total. The monoisotopic (exact) mass is 214 g/mol. The molecule has 1 heterocycles. The summed E-state index contributed by atoms with van der Waals surface area (Å²) in [5.74, 6) is 0.511. The Kier molecular flexibility index (Phi) is 4.54. The number of hydrogen-bond acceptors (Lipinski definition) is 3. The number of amides is 1. The second kappa shape index (κ2) is 5.47. The second-order valence-electron chi connectivity index (χ2n) is 4.77. The summed E-state index contributed by atoms with van der Waals surface area (Å²) in [7, 11) is 0. The van der Waals surface area contributed by atoms with E-state index in [1.165, 1.54) is 0 Å². The predicted molar refractivity (Wildman–Crippen MR) is 59.5 cm³/mol. The lowest BCUT2D eigenvalue weighted by molar-refractivity contribution is -0.134. The van der Waals surface area contributed by atoms with Crippen LogP contribution >= 0.6 is 0 Å². The molecule has 1 rings (SSSR count). The van der Waals surface area contributed by atoms with E-state index in [-0.39, 0.29) is 12.5 Å². The van der Waals surface area contributed by atoms with Crippen molar-refractivity contribution in [2.45, 2.75) is 39.3 Å². The van der Waals surface area contributed by atoms with E-state index in [2.05, 4.69) is 26.1 Å². The lowest BCUT2D eigenvalue weighted by atomic mass is 10.2. The van der Waals surface area contributed by atoms with Gasteiger partial charge in [-0.05, 0) is 19.3 Å². The van der Waals surface area contributed by atoms with Gasteiger partial charge in [0.1, 0.15) is 6.04 Å². The summed E-state index contributed by atoms with van der Waals surface area (Å²) in [6.45, 7) is 7.71. The van der Waals surface area contributed by atoms with Gasteiger partial charge < -0.3 is 15.3 Å². The highest BCUT2D eigenvalue weighted by molar-refractivity contribution is 5.82. The molecule has 2 atom stereocenters. The van der Waals surface area contributed by atoms with Gasteiger partial charge in [0.05, 0.1) is 6.61 Å². The molecule has 0 aromatic heterocycles. The number of hydrogen-bond donors (Lipinski definition) is 2. The predicted octanol–water partition coefficient (Wildman–Crippen LogP) is 0.214. The van der Waals surface area contributed by atoms with Crippen molar-refractivity contribution in [2.24, 2.45) is 5.92 Å². The molecule has 1 aliphatic rings. The maximum absolute atomic E-state index is 12.0. The fourth-order valence-electron chi connectivity index (χ4n) is 1.93. The Morgan fingerprint density at radius 1 is 1.60 bits per heavy atom. The molecular formula is C11H22N2O2. The first-order valence-electron chi connectivity index (χ1n) is 5.70. The van der Waals surface area contributed by atoms with Crippen molar-refractivity contribution in [1.82, 2.24) is 10.2 Å². The quantitative estimate of drug-likeness (QED) is 0.706. The molecule has 1 aliphatic heterocycles. The minimum atomic E-state index is -0.416. The summed E-state index contributed by atoms with van der Waals surface area (Å²) in [4.78, 5) is 13.8. The van der Waals surface area contributed by atoms with Crippen LogP contribution in [0.4, 0.5) is 0 Å². The zero-order valence-electron chi connectivity index (χ0n) is 9.86. The molecule has 1 saturated heterocycles.